The molecule has 0 aliphatic rings. The standard InChI is InChI=1S/C16H20N2O4/c1-9-5-14(18-16(22)8-12(4)20)10(2)6-13(9)17-15(21)7-11(3)19/h5-6H,7-8H2,1-4H3,(H,17,21)(H,18,22). The Bertz CT molecular complexity index is 580. The monoisotopic (exact) mass is 304 g/mol. The van der Waals surface area contributed by atoms with Gasteiger partial charge in [0.05, 0.1) is 12.8 Å². The van der Waals surface area contributed by atoms with Gasteiger partial charge in [0, 0.05) is 11.4 Å². The van der Waals surface area contributed by atoms with Crippen molar-refractivity contribution in [3.8, 4) is 0 Å². The Hall–Kier alpha value is -2.50. The highest BCUT2D eigenvalue weighted by Gasteiger charge is 2.12. The van der Waals surface area contributed by atoms with E-state index in [9.17, 15) is 19.2 Å². The van der Waals surface area contributed by atoms with Gasteiger partial charge in [0.15, 0.2) is 0 Å². The Labute approximate surface area is 129 Å². The largest absolute Gasteiger partial charge is 0.325 e. The van der Waals surface area contributed by atoms with Crippen molar-refractivity contribution in [3.05, 3.63) is 23.3 Å². The summed E-state index contributed by atoms with van der Waals surface area (Å²) >= 11 is 0. The molecule has 118 valence electrons. The lowest BCUT2D eigenvalue weighted by Gasteiger charge is -2.13. The number of hydrogen-bond donors (Lipinski definition) is 2. The van der Waals surface area contributed by atoms with Crippen LogP contribution in [0.1, 0.15) is 37.8 Å². The predicted molar refractivity (Wildman–Crippen MR) is 83.8 cm³/mol. The number of aryl methyl sites for hydroxylation is 2. The van der Waals surface area contributed by atoms with Crippen molar-refractivity contribution in [2.75, 3.05) is 10.6 Å². The molecule has 0 bridgehead atoms. The highest BCUT2D eigenvalue weighted by molar-refractivity contribution is 6.05. The first-order valence-electron chi connectivity index (χ1n) is 6.89. The first kappa shape index (κ1) is 17.6. The molecule has 1 rings (SSSR count). The van der Waals surface area contributed by atoms with Crippen molar-refractivity contribution >= 4 is 34.8 Å². The van der Waals surface area contributed by atoms with Crippen LogP contribution in [0.4, 0.5) is 11.4 Å². The third kappa shape index (κ3) is 5.47. The van der Waals surface area contributed by atoms with Crippen LogP contribution in [0.2, 0.25) is 0 Å². The average Bonchev–Trinajstić information content (AvgIpc) is 2.33. The molecular weight excluding hydrogens is 284 g/mol. The fourth-order valence-electron chi connectivity index (χ4n) is 1.93. The van der Waals surface area contributed by atoms with Crippen molar-refractivity contribution in [1.29, 1.82) is 0 Å². The highest BCUT2D eigenvalue weighted by atomic mass is 16.2. The van der Waals surface area contributed by atoms with Gasteiger partial charge in [-0.25, -0.2) is 0 Å². The average molecular weight is 304 g/mol. The van der Waals surface area contributed by atoms with Crippen molar-refractivity contribution in [1.82, 2.24) is 0 Å². The molecule has 6 heteroatoms. The van der Waals surface area contributed by atoms with E-state index in [2.05, 4.69) is 10.6 Å². The summed E-state index contributed by atoms with van der Waals surface area (Å²) in [6.07, 6.45) is -0.342. The zero-order chi connectivity index (χ0) is 16.9. The van der Waals surface area contributed by atoms with Crippen LogP contribution in [0.5, 0.6) is 0 Å². The Morgan fingerprint density at radius 2 is 1.09 bits per heavy atom. The fourth-order valence-corrected chi connectivity index (χ4v) is 1.93. The van der Waals surface area contributed by atoms with Crippen LogP contribution in [-0.4, -0.2) is 23.4 Å². The third-order valence-electron chi connectivity index (χ3n) is 2.94. The summed E-state index contributed by atoms with van der Waals surface area (Å²) in [4.78, 5) is 45.1. The molecule has 0 fully saturated rings. The Morgan fingerprint density at radius 3 is 1.36 bits per heavy atom. The molecule has 1 aromatic carbocycles. The molecule has 0 spiro atoms. The van der Waals surface area contributed by atoms with Gasteiger partial charge in [-0.1, -0.05) is 0 Å². The lowest BCUT2D eigenvalue weighted by Crippen LogP contribution is -2.17. The summed E-state index contributed by atoms with van der Waals surface area (Å²) in [6, 6.07) is 3.44. The molecule has 1 aromatic rings. The number of ketones is 2. The van der Waals surface area contributed by atoms with Gasteiger partial charge in [0.1, 0.15) is 11.6 Å². The number of rotatable bonds is 6. The van der Waals surface area contributed by atoms with Crippen molar-refractivity contribution in [3.63, 3.8) is 0 Å². The number of nitrogens with one attached hydrogen (secondary N) is 2. The Balaban J connectivity index is 2.87. The van der Waals surface area contributed by atoms with E-state index in [1.54, 1.807) is 26.0 Å². The zero-order valence-corrected chi connectivity index (χ0v) is 13.2. The molecule has 2 N–H and O–H groups in total. The second kappa shape index (κ2) is 7.49. The molecule has 0 radical (unpaired) electrons. The van der Waals surface area contributed by atoms with Gasteiger partial charge >= 0.3 is 0 Å². The molecule has 0 aromatic heterocycles. The van der Waals surface area contributed by atoms with E-state index >= 15 is 0 Å². The minimum atomic E-state index is -0.372. The van der Waals surface area contributed by atoms with Gasteiger partial charge in [-0.05, 0) is 51.0 Å². The lowest BCUT2D eigenvalue weighted by atomic mass is 10.1. The quantitative estimate of drug-likeness (QED) is 0.787. The number of carbonyl (C=O) groups excluding carboxylic acids is 4. The molecule has 0 saturated heterocycles. The molecule has 22 heavy (non-hydrogen) atoms. The summed E-state index contributed by atoms with van der Waals surface area (Å²) < 4.78 is 0. The van der Waals surface area contributed by atoms with Crippen molar-refractivity contribution in [2.24, 2.45) is 0 Å². The SMILES string of the molecule is CC(=O)CC(=O)Nc1cc(C)c(NC(=O)CC(C)=O)cc1C. The van der Waals surface area contributed by atoms with E-state index in [1.165, 1.54) is 13.8 Å². The molecule has 0 aliphatic heterocycles. The first-order chi connectivity index (χ1) is 10.2. The summed E-state index contributed by atoms with van der Waals surface area (Å²) in [5, 5.41) is 5.34. The molecular formula is C16H20N2O4. The van der Waals surface area contributed by atoms with E-state index in [-0.39, 0.29) is 36.2 Å². The van der Waals surface area contributed by atoms with Gasteiger partial charge in [0.2, 0.25) is 11.8 Å². The van der Waals surface area contributed by atoms with Crippen LogP contribution in [0.25, 0.3) is 0 Å². The normalized spacial score (nSPS) is 10.0. The van der Waals surface area contributed by atoms with Crippen LogP contribution in [-0.2, 0) is 19.2 Å². The van der Waals surface area contributed by atoms with E-state index in [0.29, 0.717) is 11.4 Å². The molecule has 0 heterocycles. The maximum atomic E-state index is 11.6. The maximum absolute atomic E-state index is 11.6. The van der Waals surface area contributed by atoms with Gasteiger partial charge in [0.25, 0.3) is 0 Å². The van der Waals surface area contributed by atoms with E-state index in [1.807, 2.05) is 0 Å². The minimum Gasteiger partial charge on any atom is -0.325 e. The molecule has 2 amide bonds. The Kier molecular flexibility index (Phi) is 5.98. The van der Waals surface area contributed by atoms with Crippen molar-refractivity contribution in [2.45, 2.75) is 40.5 Å². The maximum Gasteiger partial charge on any atom is 0.231 e. The molecule has 0 saturated carbocycles. The molecule has 6 nitrogen and oxygen atoms in total. The number of hydrogen-bond acceptors (Lipinski definition) is 4. The summed E-state index contributed by atoms with van der Waals surface area (Å²) in [5.41, 5.74) is 2.68. The van der Waals surface area contributed by atoms with E-state index in [0.717, 1.165) is 11.1 Å². The number of amides is 2. The number of benzene rings is 1. The van der Waals surface area contributed by atoms with Crippen LogP contribution in [0, 0.1) is 13.8 Å². The van der Waals surface area contributed by atoms with Crippen LogP contribution < -0.4 is 10.6 Å². The second-order valence-electron chi connectivity index (χ2n) is 5.34. The minimum absolute atomic E-state index is 0.171. The topological polar surface area (TPSA) is 92.3 Å². The zero-order valence-electron chi connectivity index (χ0n) is 13.2. The van der Waals surface area contributed by atoms with Gasteiger partial charge in [-0.3, -0.25) is 19.2 Å². The number of carbonyl (C=O) groups is 4. The first-order valence-corrected chi connectivity index (χ1v) is 6.89. The van der Waals surface area contributed by atoms with Crippen LogP contribution in [0.15, 0.2) is 12.1 Å². The van der Waals surface area contributed by atoms with Gasteiger partial charge < -0.3 is 10.6 Å². The number of anilines is 2. The van der Waals surface area contributed by atoms with E-state index < -0.39 is 0 Å². The summed E-state index contributed by atoms with van der Waals surface area (Å²) in [6.45, 7) is 6.27. The highest BCUT2D eigenvalue weighted by Crippen LogP contribution is 2.24. The van der Waals surface area contributed by atoms with Crippen molar-refractivity contribution < 1.29 is 19.2 Å². The fraction of sp³-hybridized carbons (Fsp3) is 0.375. The Morgan fingerprint density at radius 1 is 0.773 bits per heavy atom. The predicted octanol–water partition coefficient (Wildman–Crippen LogP) is 2.14. The van der Waals surface area contributed by atoms with Gasteiger partial charge in [-0.15, -0.1) is 0 Å². The smallest absolute Gasteiger partial charge is 0.231 e. The summed E-state index contributed by atoms with van der Waals surface area (Å²) in [7, 11) is 0. The van der Waals surface area contributed by atoms with Crippen LogP contribution >= 0.6 is 0 Å². The molecule has 0 unspecified atom stereocenters. The third-order valence-corrected chi connectivity index (χ3v) is 2.94. The molecule has 0 atom stereocenters. The summed E-state index contributed by atoms with van der Waals surface area (Å²) in [5.74, 6) is -1.16. The second-order valence-corrected chi connectivity index (χ2v) is 5.34. The van der Waals surface area contributed by atoms with E-state index in [4.69, 9.17) is 0 Å². The van der Waals surface area contributed by atoms with Crippen LogP contribution in [0.3, 0.4) is 0 Å². The lowest BCUT2D eigenvalue weighted by molar-refractivity contribution is -0.125. The molecule has 0 aliphatic carbocycles. The van der Waals surface area contributed by atoms with Gasteiger partial charge in [-0.2, -0.15) is 0 Å². The number of Topliss-reactive ketones (excluding diaryl/α,β-unsaturated/α-hetero) is 2.